The van der Waals surface area contributed by atoms with Crippen LogP contribution in [0.5, 0.6) is 0 Å². The van der Waals surface area contributed by atoms with E-state index in [1.165, 1.54) is 13.5 Å². The van der Waals surface area contributed by atoms with Crippen molar-refractivity contribution in [3.8, 4) is 0 Å². The molecular formula is C19H30N4O5. The molecular weight excluding hydrogens is 364 g/mol. The van der Waals surface area contributed by atoms with Crippen molar-refractivity contribution in [1.82, 2.24) is 21.0 Å². The molecule has 3 N–H and O–H groups in total. The van der Waals surface area contributed by atoms with Gasteiger partial charge in [0, 0.05) is 12.6 Å². The molecule has 0 bridgehead atoms. The van der Waals surface area contributed by atoms with Gasteiger partial charge in [0.25, 0.3) is 5.91 Å². The minimum atomic E-state index is -0.662. The maximum absolute atomic E-state index is 12.8. The molecule has 156 valence electrons. The van der Waals surface area contributed by atoms with Gasteiger partial charge in [-0.05, 0) is 37.5 Å². The van der Waals surface area contributed by atoms with E-state index in [2.05, 4.69) is 16.1 Å². The van der Waals surface area contributed by atoms with Crippen LogP contribution in [0, 0.1) is 5.41 Å². The van der Waals surface area contributed by atoms with Crippen molar-refractivity contribution >= 4 is 23.5 Å². The molecule has 1 saturated heterocycles. The third-order valence-corrected chi connectivity index (χ3v) is 6.00. The van der Waals surface area contributed by atoms with Gasteiger partial charge in [0.1, 0.15) is 12.6 Å². The molecule has 3 aliphatic rings. The molecule has 0 radical (unpaired) electrons. The molecule has 1 aliphatic heterocycles. The van der Waals surface area contributed by atoms with Gasteiger partial charge in [-0.25, -0.2) is 0 Å². The first-order valence-electron chi connectivity index (χ1n) is 10.1. The zero-order chi connectivity index (χ0) is 20.1. The van der Waals surface area contributed by atoms with Crippen LogP contribution in [0.3, 0.4) is 0 Å². The number of likely N-dealkylation sites (tertiary alicyclic amines) is 1. The Labute approximate surface area is 164 Å². The number of amides is 3. The molecule has 1 heterocycles. The van der Waals surface area contributed by atoms with Gasteiger partial charge in [0.2, 0.25) is 17.6 Å². The Morgan fingerprint density at radius 1 is 1.07 bits per heavy atom. The predicted molar refractivity (Wildman–Crippen MR) is 99.8 cm³/mol. The van der Waals surface area contributed by atoms with Gasteiger partial charge in [-0.3, -0.25) is 19.2 Å². The molecule has 3 amide bonds. The molecule has 9 heteroatoms. The summed E-state index contributed by atoms with van der Waals surface area (Å²) in [4.78, 5) is 55.4. The van der Waals surface area contributed by atoms with Crippen LogP contribution in [0.25, 0.3) is 0 Å². The molecule has 2 saturated carbocycles. The monoisotopic (exact) mass is 394 g/mol. The summed E-state index contributed by atoms with van der Waals surface area (Å²) >= 11 is 0. The number of hydroxylamine groups is 1. The van der Waals surface area contributed by atoms with E-state index in [4.69, 9.17) is 4.84 Å². The second-order valence-corrected chi connectivity index (χ2v) is 8.22. The van der Waals surface area contributed by atoms with Crippen molar-refractivity contribution in [1.29, 1.82) is 0 Å². The van der Waals surface area contributed by atoms with Crippen LogP contribution in [-0.2, 0) is 24.0 Å². The fraction of sp³-hybridized carbons (Fsp3) is 0.789. The molecule has 0 aromatic carbocycles. The van der Waals surface area contributed by atoms with Crippen molar-refractivity contribution < 1.29 is 24.0 Å². The molecule has 1 spiro atoms. The minimum absolute atomic E-state index is 0.0148. The molecule has 1 unspecified atom stereocenters. The normalized spacial score (nSPS) is 23.5. The highest BCUT2D eigenvalue weighted by molar-refractivity contribution is 6.37. The van der Waals surface area contributed by atoms with Gasteiger partial charge < -0.3 is 20.4 Å². The van der Waals surface area contributed by atoms with E-state index in [-0.39, 0.29) is 36.4 Å². The summed E-state index contributed by atoms with van der Waals surface area (Å²) in [6.07, 6.45) is 7.77. The highest BCUT2D eigenvalue weighted by atomic mass is 16.6. The zero-order valence-electron chi connectivity index (χ0n) is 16.4. The molecule has 1 atom stereocenters. The number of carbonyl (C=O) groups is 4. The Morgan fingerprint density at radius 3 is 2.43 bits per heavy atom. The minimum Gasteiger partial charge on any atom is -0.347 e. The summed E-state index contributed by atoms with van der Waals surface area (Å²) in [6.45, 7) is 0.184. The summed E-state index contributed by atoms with van der Waals surface area (Å²) in [6, 6.07) is -0.530. The van der Waals surface area contributed by atoms with E-state index in [0.29, 0.717) is 13.0 Å². The lowest BCUT2D eigenvalue weighted by molar-refractivity contribution is -0.141. The Hall–Kier alpha value is -2.00. The Balaban J connectivity index is 1.60. The van der Waals surface area contributed by atoms with Crippen molar-refractivity contribution in [2.75, 3.05) is 26.7 Å². The van der Waals surface area contributed by atoms with Gasteiger partial charge in [0.05, 0.1) is 13.7 Å². The van der Waals surface area contributed by atoms with Crippen molar-refractivity contribution in [2.45, 2.75) is 63.5 Å². The number of ketones is 1. The highest BCUT2D eigenvalue weighted by Gasteiger charge is 2.48. The number of rotatable bonds is 8. The Kier molecular flexibility index (Phi) is 6.66. The molecule has 0 aromatic heterocycles. The number of hydrogen-bond acceptors (Lipinski definition) is 6. The van der Waals surface area contributed by atoms with E-state index in [1.807, 2.05) is 0 Å². The van der Waals surface area contributed by atoms with Gasteiger partial charge in [-0.2, -0.15) is 5.48 Å². The topological polar surface area (TPSA) is 117 Å². The van der Waals surface area contributed by atoms with E-state index < -0.39 is 17.7 Å². The molecule has 0 aromatic rings. The van der Waals surface area contributed by atoms with Crippen LogP contribution < -0.4 is 16.1 Å². The smallest absolute Gasteiger partial charge is 0.289 e. The fourth-order valence-electron chi connectivity index (χ4n) is 4.31. The van der Waals surface area contributed by atoms with E-state index >= 15 is 0 Å². The van der Waals surface area contributed by atoms with Crippen LogP contribution >= 0.6 is 0 Å². The number of Topliss-reactive ketones (excluding diaryl/α,β-unsaturated/α-hetero) is 1. The lowest BCUT2D eigenvalue weighted by Crippen LogP contribution is -2.50. The average molecular weight is 394 g/mol. The summed E-state index contributed by atoms with van der Waals surface area (Å²) in [7, 11) is 1.43. The maximum Gasteiger partial charge on any atom is 0.289 e. The van der Waals surface area contributed by atoms with Gasteiger partial charge in [0.15, 0.2) is 0 Å². The molecule has 3 rings (SSSR count). The summed E-state index contributed by atoms with van der Waals surface area (Å²) in [5, 5.41) is 5.18. The predicted octanol–water partition coefficient (Wildman–Crippen LogP) is -0.347. The Bertz CT molecular complexity index is 628. The molecule has 3 fully saturated rings. The van der Waals surface area contributed by atoms with Crippen LogP contribution in [-0.4, -0.2) is 67.2 Å². The first-order valence-corrected chi connectivity index (χ1v) is 10.1. The maximum atomic E-state index is 12.8. The van der Waals surface area contributed by atoms with Gasteiger partial charge in [-0.15, -0.1) is 0 Å². The zero-order valence-corrected chi connectivity index (χ0v) is 16.4. The standard InChI is InChI=1S/C19H30N4O5/c1-28-21-11-16(25)23-12-19(7-3-2-4-8-19)9-14(23)17(26)20-10-15(24)18(27)22-13-5-6-13/h13-14,21H,2-12H2,1H3,(H,20,26)(H,22,27). The SMILES string of the molecule is CONCC(=O)N1CC2(CCCCC2)CC1C(=O)NCC(=O)C(=O)NC1CC1. The summed E-state index contributed by atoms with van der Waals surface area (Å²) < 4.78 is 0. The molecule has 28 heavy (non-hydrogen) atoms. The molecule has 2 aliphatic carbocycles. The lowest BCUT2D eigenvalue weighted by Gasteiger charge is -2.33. The number of nitrogens with one attached hydrogen (secondary N) is 3. The third kappa shape index (κ3) is 5.08. The van der Waals surface area contributed by atoms with E-state index in [0.717, 1.165) is 38.5 Å². The second kappa shape index (κ2) is 9.00. The Morgan fingerprint density at radius 2 is 1.79 bits per heavy atom. The fourth-order valence-corrected chi connectivity index (χ4v) is 4.31. The number of carbonyl (C=O) groups excluding carboxylic acids is 4. The largest absolute Gasteiger partial charge is 0.347 e. The third-order valence-electron chi connectivity index (χ3n) is 6.00. The van der Waals surface area contributed by atoms with Gasteiger partial charge in [-0.1, -0.05) is 19.3 Å². The van der Waals surface area contributed by atoms with Crippen molar-refractivity contribution in [3.05, 3.63) is 0 Å². The average Bonchev–Trinajstić information content (AvgIpc) is 3.44. The first-order chi connectivity index (χ1) is 13.4. The number of hydrogen-bond donors (Lipinski definition) is 3. The van der Waals surface area contributed by atoms with E-state index in [9.17, 15) is 19.2 Å². The van der Waals surface area contributed by atoms with E-state index in [1.54, 1.807) is 4.90 Å². The highest BCUT2D eigenvalue weighted by Crippen LogP contribution is 2.46. The first kappa shape index (κ1) is 20.7. The quantitative estimate of drug-likeness (QED) is 0.383. The molecule has 9 nitrogen and oxygen atoms in total. The van der Waals surface area contributed by atoms with Crippen molar-refractivity contribution in [2.24, 2.45) is 5.41 Å². The lowest BCUT2D eigenvalue weighted by atomic mass is 9.72. The van der Waals surface area contributed by atoms with Crippen LogP contribution in [0.2, 0.25) is 0 Å². The van der Waals surface area contributed by atoms with Crippen molar-refractivity contribution in [3.63, 3.8) is 0 Å². The van der Waals surface area contributed by atoms with Gasteiger partial charge >= 0.3 is 0 Å². The summed E-state index contributed by atoms with van der Waals surface area (Å²) in [5.41, 5.74) is 2.50. The second-order valence-electron chi connectivity index (χ2n) is 8.22. The van der Waals surface area contributed by atoms with Crippen LogP contribution in [0.4, 0.5) is 0 Å². The number of nitrogens with zero attached hydrogens (tertiary/aromatic N) is 1. The summed E-state index contributed by atoms with van der Waals surface area (Å²) in [5.74, 6) is -1.90. The van der Waals surface area contributed by atoms with Crippen LogP contribution in [0.15, 0.2) is 0 Å². The van der Waals surface area contributed by atoms with Crippen LogP contribution in [0.1, 0.15) is 51.4 Å².